The molecule has 2 rings (SSSR count). The van der Waals surface area contributed by atoms with Gasteiger partial charge in [-0.25, -0.2) is 0 Å². The predicted octanol–water partition coefficient (Wildman–Crippen LogP) is 0.652. The summed E-state index contributed by atoms with van der Waals surface area (Å²) in [5, 5.41) is 0. The maximum Gasteiger partial charge on any atom is 0.238 e. The van der Waals surface area contributed by atoms with E-state index in [1.54, 1.807) is 26.0 Å². The van der Waals surface area contributed by atoms with Gasteiger partial charge in [0.2, 0.25) is 12.2 Å². The van der Waals surface area contributed by atoms with Gasteiger partial charge < -0.3 is 15.2 Å². The zero-order chi connectivity index (χ0) is 9.64. The number of rotatable bonds is 1. The number of allylic oxidation sites excluding steroid dienone is 1. The van der Waals surface area contributed by atoms with Crippen LogP contribution in [0.15, 0.2) is 23.7 Å². The van der Waals surface area contributed by atoms with Crippen LogP contribution in [-0.4, -0.2) is 12.2 Å². The lowest BCUT2D eigenvalue weighted by Crippen LogP contribution is -2.34. The van der Waals surface area contributed by atoms with Gasteiger partial charge in [-0.2, -0.15) is 0 Å². The van der Waals surface area contributed by atoms with Gasteiger partial charge in [-0.1, -0.05) is 6.08 Å². The third kappa shape index (κ3) is 0.946. The van der Waals surface area contributed by atoms with Crippen molar-refractivity contribution in [2.24, 2.45) is 11.1 Å². The minimum Gasteiger partial charge on any atom is -0.454 e. The van der Waals surface area contributed by atoms with E-state index in [-0.39, 0.29) is 6.29 Å². The molecule has 4 nitrogen and oxygen atoms in total. The Morgan fingerprint density at radius 3 is 2.92 bits per heavy atom. The molecule has 1 aliphatic carbocycles. The normalized spacial score (nSPS) is 35.7. The maximum atomic E-state index is 11.2. The summed E-state index contributed by atoms with van der Waals surface area (Å²) in [7, 11) is 0. The molecule has 2 atom stereocenters. The zero-order valence-electron chi connectivity index (χ0n) is 7.53. The minimum atomic E-state index is -0.833. The van der Waals surface area contributed by atoms with E-state index in [9.17, 15) is 4.79 Å². The van der Waals surface area contributed by atoms with Crippen LogP contribution >= 0.6 is 0 Å². The molecule has 2 aliphatic rings. The van der Waals surface area contributed by atoms with Crippen molar-refractivity contribution < 1.29 is 14.3 Å². The average molecular weight is 181 g/mol. The number of hydrogen-bond donors (Lipinski definition) is 1. The van der Waals surface area contributed by atoms with Crippen LogP contribution in [0, 0.1) is 5.41 Å². The van der Waals surface area contributed by atoms with Gasteiger partial charge in [0, 0.05) is 6.92 Å². The molecule has 13 heavy (non-hydrogen) atoms. The van der Waals surface area contributed by atoms with Gasteiger partial charge in [0.1, 0.15) is 5.41 Å². The first-order valence-electron chi connectivity index (χ1n) is 4.11. The third-order valence-electron chi connectivity index (χ3n) is 2.35. The van der Waals surface area contributed by atoms with Crippen molar-refractivity contribution in [3.63, 3.8) is 0 Å². The van der Waals surface area contributed by atoms with Crippen LogP contribution in [0.4, 0.5) is 0 Å². The van der Waals surface area contributed by atoms with Crippen LogP contribution in [0.1, 0.15) is 13.8 Å². The quantitative estimate of drug-likeness (QED) is 0.646. The van der Waals surface area contributed by atoms with Crippen LogP contribution < -0.4 is 5.73 Å². The van der Waals surface area contributed by atoms with Crippen molar-refractivity contribution in [2.45, 2.75) is 20.1 Å². The first-order valence-corrected chi connectivity index (χ1v) is 4.11. The number of hydrogen-bond acceptors (Lipinski definition) is 3. The predicted molar refractivity (Wildman–Crippen MR) is 45.1 cm³/mol. The molecular formula is C9H11NO3. The first kappa shape index (κ1) is 8.16. The van der Waals surface area contributed by atoms with Gasteiger partial charge in [0.15, 0.2) is 11.5 Å². The van der Waals surface area contributed by atoms with Gasteiger partial charge in [-0.3, -0.25) is 4.79 Å². The fraction of sp³-hybridized carbons (Fsp3) is 0.444. The summed E-state index contributed by atoms with van der Waals surface area (Å²) in [6.07, 6.45) is 3.10. The lowest BCUT2D eigenvalue weighted by atomic mass is 9.90. The minimum absolute atomic E-state index is 0.325. The summed E-state index contributed by atoms with van der Waals surface area (Å²) in [6.45, 7) is 3.49. The molecule has 0 saturated carbocycles. The molecule has 1 aliphatic heterocycles. The Kier molecular flexibility index (Phi) is 1.43. The Morgan fingerprint density at radius 1 is 1.62 bits per heavy atom. The van der Waals surface area contributed by atoms with Gasteiger partial charge in [-0.05, 0) is 13.0 Å². The summed E-state index contributed by atoms with van der Waals surface area (Å²) >= 11 is 0. The second-order valence-corrected chi connectivity index (χ2v) is 3.40. The van der Waals surface area contributed by atoms with E-state index in [2.05, 4.69) is 0 Å². The molecular weight excluding hydrogens is 170 g/mol. The molecule has 70 valence electrons. The topological polar surface area (TPSA) is 61.6 Å². The summed E-state index contributed by atoms with van der Waals surface area (Å²) in [5.74, 6) is 0.729. The van der Waals surface area contributed by atoms with E-state index in [1.807, 2.05) is 0 Å². The highest BCUT2D eigenvalue weighted by atomic mass is 16.7. The SMILES string of the molecule is CC1OC2=C(O1)C(C)(C(N)=O)C=C2. The van der Waals surface area contributed by atoms with E-state index in [4.69, 9.17) is 15.2 Å². The van der Waals surface area contributed by atoms with Crippen molar-refractivity contribution >= 4 is 5.91 Å². The van der Waals surface area contributed by atoms with Crippen molar-refractivity contribution in [3.8, 4) is 0 Å². The van der Waals surface area contributed by atoms with Crippen LogP contribution in [0.5, 0.6) is 0 Å². The van der Waals surface area contributed by atoms with Gasteiger partial charge in [-0.15, -0.1) is 0 Å². The van der Waals surface area contributed by atoms with E-state index in [0.29, 0.717) is 11.5 Å². The number of carbonyl (C=O) groups excluding carboxylic acids is 1. The largest absolute Gasteiger partial charge is 0.454 e. The van der Waals surface area contributed by atoms with Crippen molar-refractivity contribution in [3.05, 3.63) is 23.7 Å². The Morgan fingerprint density at radius 2 is 2.31 bits per heavy atom. The van der Waals surface area contributed by atoms with E-state index >= 15 is 0 Å². The molecule has 0 aromatic heterocycles. The number of primary amides is 1. The zero-order valence-corrected chi connectivity index (χ0v) is 7.53. The molecule has 0 saturated heterocycles. The molecule has 4 heteroatoms. The molecule has 0 radical (unpaired) electrons. The van der Waals surface area contributed by atoms with Gasteiger partial charge in [0.05, 0.1) is 0 Å². The highest BCUT2D eigenvalue weighted by Crippen LogP contribution is 2.42. The summed E-state index contributed by atoms with van der Waals surface area (Å²) in [6, 6.07) is 0. The van der Waals surface area contributed by atoms with E-state index in [1.165, 1.54) is 0 Å². The molecule has 1 amide bonds. The highest BCUT2D eigenvalue weighted by molar-refractivity contribution is 5.87. The first-order chi connectivity index (χ1) is 6.04. The molecule has 2 unspecified atom stereocenters. The van der Waals surface area contributed by atoms with Crippen LogP contribution in [0.3, 0.4) is 0 Å². The van der Waals surface area contributed by atoms with Gasteiger partial charge >= 0.3 is 0 Å². The Balaban J connectivity index is 2.38. The fourth-order valence-electron chi connectivity index (χ4n) is 1.49. The number of nitrogens with two attached hydrogens (primary N) is 1. The van der Waals surface area contributed by atoms with Crippen LogP contribution in [0.2, 0.25) is 0 Å². The Hall–Kier alpha value is -1.45. The van der Waals surface area contributed by atoms with Crippen molar-refractivity contribution in [2.75, 3.05) is 0 Å². The van der Waals surface area contributed by atoms with Crippen molar-refractivity contribution in [1.29, 1.82) is 0 Å². The third-order valence-corrected chi connectivity index (χ3v) is 2.35. The van der Waals surface area contributed by atoms with Crippen molar-refractivity contribution in [1.82, 2.24) is 0 Å². The van der Waals surface area contributed by atoms with Gasteiger partial charge in [0.25, 0.3) is 0 Å². The molecule has 0 spiro atoms. The molecule has 2 N–H and O–H groups in total. The molecule has 0 aromatic carbocycles. The van der Waals surface area contributed by atoms with E-state index in [0.717, 1.165) is 0 Å². The average Bonchev–Trinajstić information content (AvgIpc) is 2.53. The monoisotopic (exact) mass is 181 g/mol. The lowest BCUT2D eigenvalue weighted by molar-refractivity contribution is -0.125. The summed E-state index contributed by atoms with van der Waals surface area (Å²) in [5.41, 5.74) is 4.44. The highest BCUT2D eigenvalue weighted by Gasteiger charge is 2.45. The lowest BCUT2D eigenvalue weighted by Gasteiger charge is -2.20. The van der Waals surface area contributed by atoms with E-state index < -0.39 is 11.3 Å². The number of amides is 1. The fourth-order valence-corrected chi connectivity index (χ4v) is 1.49. The maximum absolute atomic E-state index is 11.2. The standard InChI is InChI=1S/C9H11NO3/c1-5-12-6-3-4-9(2,8(10)11)7(6)13-5/h3-5H,1-2H3,(H2,10,11). The number of carbonyl (C=O) groups is 1. The van der Waals surface area contributed by atoms with Crippen LogP contribution in [0.25, 0.3) is 0 Å². The summed E-state index contributed by atoms with van der Waals surface area (Å²) in [4.78, 5) is 11.2. The Labute approximate surface area is 76.0 Å². The Bertz CT molecular complexity index is 332. The molecule has 1 heterocycles. The van der Waals surface area contributed by atoms with Crippen LogP contribution in [-0.2, 0) is 14.3 Å². The molecule has 0 fully saturated rings. The summed E-state index contributed by atoms with van der Waals surface area (Å²) < 4.78 is 10.6. The molecule has 0 bridgehead atoms. The second-order valence-electron chi connectivity index (χ2n) is 3.40. The molecule has 0 aromatic rings. The number of ether oxygens (including phenoxy) is 2. The smallest absolute Gasteiger partial charge is 0.238 e. The second kappa shape index (κ2) is 2.28.